The summed E-state index contributed by atoms with van der Waals surface area (Å²) in [5, 5.41) is 32.5. The summed E-state index contributed by atoms with van der Waals surface area (Å²) >= 11 is 0. The van der Waals surface area contributed by atoms with E-state index in [4.69, 9.17) is 20.4 Å². The van der Waals surface area contributed by atoms with Crippen LogP contribution in [-0.4, -0.2) is 77.2 Å². The van der Waals surface area contributed by atoms with Gasteiger partial charge in [-0.05, 0) is 0 Å². The van der Waals surface area contributed by atoms with E-state index >= 15 is 0 Å². The molecule has 0 rings (SSSR count). The molecule has 0 radical (unpaired) electrons. The zero-order valence-corrected chi connectivity index (χ0v) is 9.21. The number of carboxylic acid groups (broad SMARTS) is 2. The summed E-state index contributed by atoms with van der Waals surface area (Å²) in [6.07, 6.45) is -4.53. The molecule has 0 aromatic heterocycles. The van der Waals surface area contributed by atoms with Crippen molar-refractivity contribution in [3.8, 4) is 0 Å². The lowest BCUT2D eigenvalue weighted by molar-refractivity contribution is -0.849. The second-order valence-corrected chi connectivity index (χ2v) is 4.25. The topological polar surface area (TPSA) is 115 Å². The number of hydrogen-bond acceptors (Lipinski definition) is 4. The van der Waals surface area contributed by atoms with Gasteiger partial charge in [0.2, 0.25) is 0 Å². The summed E-state index contributed by atoms with van der Waals surface area (Å²) in [6.45, 7) is 0. The minimum absolute atomic E-state index is 1.00. The zero-order chi connectivity index (χ0) is 12.8. The Balaban J connectivity index is 0. The number of aliphatic hydroxyl groups is 2. The van der Waals surface area contributed by atoms with Gasteiger partial charge in [0.1, 0.15) is 0 Å². The van der Waals surface area contributed by atoms with Gasteiger partial charge in [0.15, 0.2) is 12.2 Å². The first-order valence-corrected chi connectivity index (χ1v) is 4.07. The Bertz CT molecular complexity index is 198. The van der Waals surface area contributed by atoms with E-state index in [1.54, 1.807) is 0 Å². The Kier molecular flexibility index (Phi) is 6.86. The highest BCUT2D eigenvalue weighted by molar-refractivity contribution is 5.82. The lowest BCUT2D eigenvalue weighted by Gasteiger charge is -2.14. The van der Waals surface area contributed by atoms with Gasteiger partial charge in [-0.15, -0.1) is 0 Å². The van der Waals surface area contributed by atoms with E-state index in [2.05, 4.69) is 28.2 Å². The molecule has 0 saturated carbocycles. The largest absolute Gasteiger partial charge is 0.479 e. The van der Waals surface area contributed by atoms with Crippen LogP contribution in [0.25, 0.3) is 0 Å². The monoisotopic (exact) mass is 224 g/mol. The predicted molar refractivity (Wildman–Crippen MR) is 51.2 cm³/mol. The van der Waals surface area contributed by atoms with Crippen LogP contribution in [0.1, 0.15) is 0 Å². The lowest BCUT2D eigenvalue weighted by atomic mass is 10.2. The van der Waals surface area contributed by atoms with E-state index in [1.165, 1.54) is 0 Å². The molecule has 4 N–H and O–H groups in total. The van der Waals surface area contributed by atoms with Crippen LogP contribution in [0.2, 0.25) is 0 Å². The van der Waals surface area contributed by atoms with Crippen LogP contribution in [0.5, 0.6) is 0 Å². The van der Waals surface area contributed by atoms with Crippen LogP contribution in [0.4, 0.5) is 0 Å². The van der Waals surface area contributed by atoms with Crippen molar-refractivity contribution < 1.29 is 34.5 Å². The predicted octanol–water partition coefficient (Wildman–Crippen LogP) is -1.80. The normalized spacial score (nSPS) is 14.5. The highest BCUT2D eigenvalue weighted by Crippen LogP contribution is 1.92. The summed E-state index contributed by atoms with van der Waals surface area (Å²) in [5.41, 5.74) is 0. The van der Waals surface area contributed by atoms with Gasteiger partial charge in [0.25, 0.3) is 0 Å². The molecular formula is C8H18NO6+. The van der Waals surface area contributed by atoms with E-state index in [0.717, 1.165) is 4.48 Å². The molecule has 7 heteroatoms. The van der Waals surface area contributed by atoms with E-state index in [9.17, 15) is 9.59 Å². The third-order valence-corrected chi connectivity index (χ3v) is 0.805. The number of quaternary nitrogens is 1. The molecule has 2 atom stereocenters. The number of rotatable bonds is 3. The summed E-state index contributed by atoms with van der Waals surface area (Å²) in [5.74, 6) is -3.54. The number of carbonyl (C=O) groups is 2. The third-order valence-electron chi connectivity index (χ3n) is 0.805. The molecule has 0 aliphatic heterocycles. The Morgan fingerprint density at radius 2 is 1.00 bits per heavy atom. The van der Waals surface area contributed by atoms with Gasteiger partial charge in [0.05, 0.1) is 28.2 Å². The molecule has 0 fully saturated rings. The second-order valence-electron chi connectivity index (χ2n) is 4.25. The molecule has 0 bridgehead atoms. The molecule has 0 spiro atoms. The van der Waals surface area contributed by atoms with E-state index in [0.29, 0.717) is 0 Å². The average molecular weight is 224 g/mol. The zero-order valence-electron chi connectivity index (χ0n) is 9.21. The van der Waals surface area contributed by atoms with Crippen LogP contribution < -0.4 is 0 Å². The third kappa shape index (κ3) is 12.8. The van der Waals surface area contributed by atoms with E-state index < -0.39 is 24.1 Å². The fourth-order valence-corrected chi connectivity index (χ4v) is 0.270. The van der Waals surface area contributed by atoms with Crippen molar-refractivity contribution >= 4 is 11.9 Å². The SMILES string of the molecule is C[N+](C)(C)C.O=C(O)C(O)C(O)C(=O)O. The minimum atomic E-state index is -2.27. The van der Waals surface area contributed by atoms with Gasteiger partial charge in [-0.1, -0.05) is 0 Å². The van der Waals surface area contributed by atoms with Crippen molar-refractivity contribution in [2.75, 3.05) is 28.2 Å². The summed E-state index contributed by atoms with van der Waals surface area (Å²) in [6, 6.07) is 0. The van der Waals surface area contributed by atoms with Gasteiger partial charge in [-0.25, -0.2) is 9.59 Å². The van der Waals surface area contributed by atoms with Crippen molar-refractivity contribution in [1.82, 2.24) is 0 Å². The van der Waals surface area contributed by atoms with Crippen molar-refractivity contribution in [3.05, 3.63) is 0 Å². The molecule has 0 saturated heterocycles. The first-order valence-electron chi connectivity index (χ1n) is 4.07. The lowest BCUT2D eigenvalue weighted by Crippen LogP contribution is -2.39. The van der Waals surface area contributed by atoms with Gasteiger partial charge in [0, 0.05) is 0 Å². The first-order chi connectivity index (χ1) is 6.46. The Labute approximate surface area is 87.8 Å². The Morgan fingerprint density at radius 3 is 1.07 bits per heavy atom. The maximum atomic E-state index is 9.77. The molecule has 0 aliphatic rings. The summed E-state index contributed by atoms with van der Waals surface area (Å²) < 4.78 is 1.00. The van der Waals surface area contributed by atoms with E-state index in [1.807, 2.05) is 0 Å². The maximum absolute atomic E-state index is 9.77. The van der Waals surface area contributed by atoms with Crippen LogP contribution >= 0.6 is 0 Å². The molecule has 0 aromatic carbocycles. The number of hydrogen-bond donors (Lipinski definition) is 4. The molecule has 15 heavy (non-hydrogen) atoms. The summed E-state index contributed by atoms with van der Waals surface area (Å²) in [7, 11) is 8.50. The minimum Gasteiger partial charge on any atom is -0.479 e. The van der Waals surface area contributed by atoms with Crippen molar-refractivity contribution in [2.24, 2.45) is 0 Å². The molecular weight excluding hydrogens is 206 g/mol. The highest BCUT2D eigenvalue weighted by Gasteiger charge is 2.29. The molecule has 90 valence electrons. The fraction of sp³-hybridized carbons (Fsp3) is 0.750. The van der Waals surface area contributed by atoms with Crippen LogP contribution in [0.15, 0.2) is 0 Å². The van der Waals surface area contributed by atoms with Gasteiger partial charge >= 0.3 is 11.9 Å². The quantitative estimate of drug-likeness (QED) is 0.420. The standard InChI is InChI=1S/C4H12N.C4H6O6/c1-5(2,3)4;5-1(3(7)8)2(6)4(9)10/h1-4H3;1-2,5-6H,(H,7,8)(H,9,10)/q+1;. The smallest absolute Gasteiger partial charge is 0.335 e. The highest BCUT2D eigenvalue weighted by atomic mass is 16.4. The van der Waals surface area contributed by atoms with Crippen molar-refractivity contribution in [1.29, 1.82) is 0 Å². The average Bonchev–Trinajstić information content (AvgIpc) is 1.98. The van der Waals surface area contributed by atoms with Crippen LogP contribution in [-0.2, 0) is 9.59 Å². The number of nitrogens with zero attached hydrogens (tertiary/aromatic N) is 1. The van der Waals surface area contributed by atoms with Gasteiger partial charge in [-0.3, -0.25) is 0 Å². The van der Waals surface area contributed by atoms with Crippen molar-refractivity contribution in [3.63, 3.8) is 0 Å². The van der Waals surface area contributed by atoms with Crippen molar-refractivity contribution in [2.45, 2.75) is 12.2 Å². The molecule has 7 nitrogen and oxygen atoms in total. The molecule has 0 heterocycles. The number of carboxylic acids is 2. The molecule has 0 aliphatic carbocycles. The van der Waals surface area contributed by atoms with E-state index in [-0.39, 0.29) is 0 Å². The van der Waals surface area contributed by atoms with Crippen LogP contribution in [0.3, 0.4) is 0 Å². The van der Waals surface area contributed by atoms with Crippen LogP contribution in [0, 0.1) is 0 Å². The molecule has 2 unspecified atom stereocenters. The number of aliphatic carboxylic acids is 2. The second kappa shape index (κ2) is 6.33. The Morgan fingerprint density at radius 1 is 0.867 bits per heavy atom. The molecule has 0 aromatic rings. The Hall–Kier alpha value is -1.18. The van der Waals surface area contributed by atoms with Gasteiger partial charge in [-0.2, -0.15) is 0 Å². The number of aliphatic hydroxyl groups excluding tert-OH is 2. The summed E-state index contributed by atoms with van der Waals surface area (Å²) in [4.78, 5) is 19.5. The maximum Gasteiger partial charge on any atom is 0.335 e. The molecule has 0 amide bonds. The van der Waals surface area contributed by atoms with Gasteiger partial charge < -0.3 is 24.9 Å². The first kappa shape index (κ1) is 16.3. The fourth-order valence-electron chi connectivity index (χ4n) is 0.270.